The molecule has 1 aliphatic heterocycles. The molecule has 6 heteroatoms. The van der Waals surface area contributed by atoms with E-state index in [0.29, 0.717) is 11.5 Å². The molecule has 0 radical (unpaired) electrons. The van der Waals surface area contributed by atoms with Gasteiger partial charge in [0.25, 0.3) is 0 Å². The van der Waals surface area contributed by atoms with E-state index < -0.39 is 5.60 Å². The Morgan fingerprint density at radius 2 is 2.04 bits per heavy atom. The van der Waals surface area contributed by atoms with Crippen molar-refractivity contribution in [3.63, 3.8) is 0 Å². The van der Waals surface area contributed by atoms with Gasteiger partial charge in [-0.15, -0.1) is 12.4 Å². The third-order valence-corrected chi connectivity index (χ3v) is 6.39. The van der Waals surface area contributed by atoms with Crippen LogP contribution in [0.1, 0.15) is 63.5 Å². The Kier molecular flexibility index (Phi) is 5.90. The van der Waals surface area contributed by atoms with Crippen molar-refractivity contribution in [2.75, 3.05) is 13.1 Å². The highest BCUT2D eigenvalue weighted by Crippen LogP contribution is 2.39. The lowest BCUT2D eigenvalue weighted by Gasteiger charge is -2.47. The Morgan fingerprint density at radius 1 is 1.27 bits per heavy atom. The molecule has 1 saturated heterocycles. The van der Waals surface area contributed by atoms with Gasteiger partial charge in [0.1, 0.15) is 5.82 Å². The number of hydrogen-bond acceptors (Lipinski definition) is 4. The lowest BCUT2D eigenvalue weighted by Crippen LogP contribution is -2.56. The molecule has 1 N–H and O–H groups in total. The van der Waals surface area contributed by atoms with Crippen molar-refractivity contribution in [1.29, 1.82) is 0 Å². The molecule has 1 aromatic heterocycles. The van der Waals surface area contributed by atoms with Crippen LogP contribution in [0.2, 0.25) is 0 Å². The summed E-state index contributed by atoms with van der Waals surface area (Å²) < 4.78 is 18.7. The van der Waals surface area contributed by atoms with Crippen LogP contribution in [0, 0.1) is 5.82 Å². The Bertz CT molecular complexity index is 744. The number of aliphatic hydroxyl groups is 1. The molecule has 144 valence electrons. The van der Waals surface area contributed by atoms with Crippen LogP contribution in [0.15, 0.2) is 22.7 Å². The maximum Gasteiger partial charge on any atom is 0.170 e. The summed E-state index contributed by atoms with van der Waals surface area (Å²) in [5, 5.41) is 16.2. The minimum atomic E-state index is -0.525. The van der Waals surface area contributed by atoms with E-state index in [4.69, 9.17) is 4.52 Å². The van der Waals surface area contributed by atoms with Crippen molar-refractivity contribution in [3.8, 4) is 0 Å². The van der Waals surface area contributed by atoms with E-state index in [-0.39, 0.29) is 24.3 Å². The fourth-order valence-electron chi connectivity index (χ4n) is 4.85. The van der Waals surface area contributed by atoms with Gasteiger partial charge < -0.3 is 9.63 Å². The monoisotopic (exact) mass is 382 g/mol. The summed E-state index contributed by atoms with van der Waals surface area (Å²) in [6.07, 6.45) is 7.22. The average Bonchev–Trinajstić information content (AvgIpc) is 3.05. The van der Waals surface area contributed by atoms with Crippen LogP contribution >= 0.6 is 12.4 Å². The Morgan fingerprint density at radius 3 is 2.77 bits per heavy atom. The number of hydrogen-bond donors (Lipinski definition) is 1. The molecule has 4 rings (SSSR count). The standard InChI is InChI=1S/C20H27FN2O2.ClH/c1-2-20(24)10-4-3-5-18(20)23-11-8-14(9-12-23)19-16-7-6-15(21)13-17(16)25-22-19;/h6-7,13-14,18,24H,2-5,8-12H2,1H3;1H. The normalized spacial score (nSPS) is 28.2. The maximum atomic E-state index is 13.3. The lowest BCUT2D eigenvalue weighted by molar-refractivity contribution is -0.0817. The van der Waals surface area contributed by atoms with Crippen molar-refractivity contribution in [1.82, 2.24) is 10.1 Å². The van der Waals surface area contributed by atoms with Gasteiger partial charge in [-0.2, -0.15) is 0 Å². The second-order valence-electron chi connectivity index (χ2n) is 7.74. The van der Waals surface area contributed by atoms with Gasteiger partial charge >= 0.3 is 0 Å². The molecular weight excluding hydrogens is 355 g/mol. The van der Waals surface area contributed by atoms with Crippen molar-refractivity contribution in [2.24, 2.45) is 0 Å². The van der Waals surface area contributed by atoms with Gasteiger partial charge in [-0.05, 0) is 57.3 Å². The third-order valence-electron chi connectivity index (χ3n) is 6.39. The van der Waals surface area contributed by atoms with Gasteiger partial charge in [-0.25, -0.2) is 4.39 Å². The van der Waals surface area contributed by atoms with Gasteiger partial charge in [0.2, 0.25) is 0 Å². The van der Waals surface area contributed by atoms with E-state index in [1.165, 1.54) is 18.6 Å². The number of aromatic nitrogens is 1. The number of piperidine rings is 1. The summed E-state index contributed by atoms with van der Waals surface area (Å²) >= 11 is 0. The summed E-state index contributed by atoms with van der Waals surface area (Å²) in [5.74, 6) is 0.0578. The second kappa shape index (κ2) is 7.83. The van der Waals surface area contributed by atoms with Gasteiger partial charge in [-0.1, -0.05) is 24.9 Å². The van der Waals surface area contributed by atoms with Crippen molar-refractivity contribution < 1.29 is 14.0 Å². The van der Waals surface area contributed by atoms with E-state index >= 15 is 0 Å². The highest BCUT2D eigenvalue weighted by atomic mass is 35.5. The molecule has 2 heterocycles. The SMILES string of the molecule is CCC1(O)CCCCC1N1CCC(c2noc3cc(F)ccc23)CC1.Cl. The first-order chi connectivity index (χ1) is 12.1. The summed E-state index contributed by atoms with van der Waals surface area (Å²) in [4.78, 5) is 2.49. The van der Waals surface area contributed by atoms with E-state index in [1.807, 2.05) is 0 Å². The number of likely N-dealkylation sites (tertiary alicyclic amines) is 1. The topological polar surface area (TPSA) is 49.5 Å². The fourth-order valence-corrected chi connectivity index (χ4v) is 4.85. The van der Waals surface area contributed by atoms with E-state index in [2.05, 4.69) is 17.0 Å². The highest BCUT2D eigenvalue weighted by molar-refractivity contribution is 5.85. The molecule has 1 aromatic carbocycles. The van der Waals surface area contributed by atoms with Crippen LogP contribution < -0.4 is 0 Å². The quantitative estimate of drug-likeness (QED) is 0.839. The van der Waals surface area contributed by atoms with E-state index in [0.717, 1.165) is 62.7 Å². The Labute approximate surface area is 160 Å². The largest absolute Gasteiger partial charge is 0.388 e. The van der Waals surface area contributed by atoms with Gasteiger partial charge in [0.05, 0.1) is 11.3 Å². The minimum Gasteiger partial charge on any atom is -0.388 e. The molecule has 1 saturated carbocycles. The summed E-state index contributed by atoms with van der Waals surface area (Å²) in [7, 11) is 0. The number of halogens is 2. The van der Waals surface area contributed by atoms with Crippen LogP contribution in [0.4, 0.5) is 4.39 Å². The maximum absolute atomic E-state index is 13.3. The average molecular weight is 383 g/mol. The van der Waals surface area contributed by atoms with Crippen LogP contribution in [0.3, 0.4) is 0 Å². The van der Waals surface area contributed by atoms with Crippen LogP contribution in [-0.2, 0) is 0 Å². The number of rotatable bonds is 3. The van der Waals surface area contributed by atoms with Crippen molar-refractivity contribution >= 4 is 23.4 Å². The Balaban J connectivity index is 0.00000196. The molecule has 0 spiro atoms. The predicted molar refractivity (Wildman–Crippen MR) is 102 cm³/mol. The van der Waals surface area contributed by atoms with Crippen LogP contribution in [0.25, 0.3) is 11.0 Å². The van der Waals surface area contributed by atoms with E-state index in [9.17, 15) is 9.50 Å². The molecule has 4 nitrogen and oxygen atoms in total. The van der Waals surface area contributed by atoms with E-state index in [1.54, 1.807) is 6.07 Å². The zero-order valence-electron chi connectivity index (χ0n) is 15.3. The molecular formula is C20H28ClFN2O2. The van der Waals surface area contributed by atoms with Gasteiger partial charge in [0.15, 0.2) is 5.58 Å². The molecule has 2 aromatic rings. The molecule has 2 unspecified atom stereocenters. The first kappa shape index (κ1) is 19.6. The summed E-state index contributed by atoms with van der Waals surface area (Å²) in [6, 6.07) is 4.95. The third kappa shape index (κ3) is 3.49. The second-order valence-corrected chi connectivity index (χ2v) is 7.74. The summed E-state index contributed by atoms with van der Waals surface area (Å²) in [5.41, 5.74) is 0.970. The molecule has 2 atom stereocenters. The van der Waals surface area contributed by atoms with Gasteiger partial charge in [0, 0.05) is 23.4 Å². The van der Waals surface area contributed by atoms with Crippen LogP contribution in [0.5, 0.6) is 0 Å². The van der Waals surface area contributed by atoms with Crippen molar-refractivity contribution in [2.45, 2.75) is 69.4 Å². The fraction of sp³-hybridized carbons (Fsp3) is 0.650. The summed E-state index contributed by atoms with van der Waals surface area (Å²) in [6.45, 7) is 4.06. The predicted octanol–water partition coefficient (Wildman–Crippen LogP) is 4.65. The molecule has 0 bridgehead atoms. The van der Waals surface area contributed by atoms with Gasteiger partial charge in [-0.3, -0.25) is 4.90 Å². The lowest BCUT2D eigenvalue weighted by atomic mass is 9.76. The number of benzene rings is 1. The zero-order valence-corrected chi connectivity index (χ0v) is 16.1. The van der Waals surface area contributed by atoms with Crippen molar-refractivity contribution in [3.05, 3.63) is 29.7 Å². The molecule has 2 fully saturated rings. The molecule has 0 amide bonds. The first-order valence-electron chi connectivity index (χ1n) is 9.62. The Hall–Kier alpha value is -1.17. The smallest absolute Gasteiger partial charge is 0.170 e. The zero-order chi connectivity index (χ0) is 17.4. The number of nitrogens with zero attached hydrogens (tertiary/aromatic N) is 2. The molecule has 26 heavy (non-hydrogen) atoms. The van der Waals surface area contributed by atoms with Crippen LogP contribution in [-0.4, -0.2) is 39.9 Å². The highest BCUT2D eigenvalue weighted by Gasteiger charge is 2.41. The molecule has 2 aliphatic rings. The number of fused-ring (bicyclic) bond motifs is 1. The molecule has 1 aliphatic carbocycles. The minimum absolute atomic E-state index is 0. The first-order valence-corrected chi connectivity index (χ1v) is 9.62.